The summed E-state index contributed by atoms with van der Waals surface area (Å²) in [7, 11) is -7.70. The highest BCUT2D eigenvalue weighted by molar-refractivity contribution is 8.76. The molecule has 0 bridgehead atoms. The Bertz CT molecular complexity index is 3080. The Labute approximate surface area is 408 Å². The molecule has 3 saturated heterocycles. The number of phosphoric ester groups is 2. The summed E-state index contributed by atoms with van der Waals surface area (Å²) in [6.45, 7) is 1.42. The van der Waals surface area contributed by atoms with Crippen LogP contribution in [0.4, 0.5) is 16.6 Å². The summed E-state index contributed by atoms with van der Waals surface area (Å²) in [5.41, 5.74) is -0.817. The van der Waals surface area contributed by atoms with Gasteiger partial charge in [0.05, 0.1) is 25.9 Å². The van der Waals surface area contributed by atoms with Crippen LogP contribution in [0.2, 0.25) is 0 Å². The zero-order valence-corrected chi connectivity index (χ0v) is 40.4. The molecule has 7 N–H and O–H groups in total. The molecule has 31 heteroatoms. The minimum atomic E-state index is -5.33. The van der Waals surface area contributed by atoms with Crippen LogP contribution in [-0.4, -0.2) is 134 Å². The van der Waals surface area contributed by atoms with E-state index in [9.17, 15) is 43.2 Å². The number of anilines is 2. The summed E-state index contributed by atoms with van der Waals surface area (Å²) < 4.78 is 70.1. The van der Waals surface area contributed by atoms with Gasteiger partial charge in [-0.05, 0) is 24.3 Å². The number of aromatic nitrogens is 8. The number of phosphoric acid groups is 2. The van der Waals surface area contributed by atoms with E-state index in [0.29, 0.717) is 11.3 Å². The number of imidazole rings is 2. The van der Waals surface area contributed by atoms with Crippen LogP contribution >= 0.6 is 37.2 Å². The second kappa shape index (κ2) is 21.2. The van der Waals surface area contributed by atoms with Gasteiger partial charge in [-0.15, -0.1) is 0 Å². The highest BCUT2D eigenvalue weighted by Crippen LogP contribution is 2.54. The number of alkyl carbamates (subject to hydrolysis) is 1. The van der Waals surface area contributed by atoms with Gasteiger partial charge < -0.3 is 39.7 Å². The van der Waals surface area contributed by atoms with Gasteiger partial charge in [-0.3, -0.25) is 51.9 Å². The lowest BCUT2D eigenvalue weighted by Gasteiger charge is -2.28. The number of aliphatic hydroxyl groups is 1. The number of aliphatic hydroxyl groups excluding tert-OH is 1. The quantitative estimate of drug-likeness (QED) is 0.0524. The number of nitrogens with one attached hydrogen (secondary N) is 4. The minimum Gasteiger partial charge on any atom is -0.438 e. The minimum absolute atomic E-state index is 0.00513. The predicted molar refractivity (Wildman–Crippen MR) is 249 cm³/mol. The van der Waals surface area contributed by atoms with Gasteiger partial charge in [0.15, 0.2) is 46.7 Å². The van der Waals surface area contributed by atoms with Gasteiger partial charge in [0.1, 0.15) is 36.8 Å². The van der Waals surface area contributed by atoms with Gasteiger partial charge in [-0.25, -0.2) is 33.9 Å². The molecule has 27 nitrogen and oxygen atoms in total. The number of nitrogens with zero attached hydrogens (tertiary/aromatic N) is 7. The van der Waals surface area contributed by atoms with Crippen LogP contribution < -0.4 is 21.5 Å². The fraction of sp³-hybridized carbons (Fsp3) is 0.375. The highest BCUT2D eigenvalue weighted by atomic mass is 33.1. The van der Waals surface area contributed by atoms with Gasteiger partial charge in [-0.1, -0.05) is 71.8 Å². The number of fused-ring (bicyclic) bond motifs is 4. The number of aromatic amines is 1. The molecule has 4 aromatic heterocycles. The molecular formula is C40H43N11O16P2S2. The average molecular weight is 1060 g/mol. The van der Waals surface area contributed by atoms with Crippen molar-refractivity contribution in [1.82, 2.24) is 44.4 Å². The molecule has 7 heterocycles. The van der Waals surface area contributed by atoms with Gasteiger partial charge in [0, 0.05) is 28.7 Å². The monoisotopic (exact) mass is 1060 g/mol. The molecular weight excluding hydrogens is 1020 g/mol. The lowest BCUT2D eigenvalue weighted by Crippen LogP contribution is -2.42. The fourth-order valence-electron chi connectivity index (χ4n) is 7.51. The first-order valence-corrected chi connectivity index (χ1v) is 26.8. The first-order valence-electron chi connectivity index (χ1n) is 21.5. The molecule has 3 aliphatic heterocycles. The second-order valence-corrected chi connectivity index (χ2v) is 21.4. The lowest BCUT2D eigenvalue weighted by atomic mass is 10.1. The third-order valence-electron chi connectivity index (χ3n) is 10.9. The summed E-state index contributed by atoms with van der Waals surface area (Å²) in [4.78, 5) is 99.2. The molecule has 0 radical (unpaired) electrons. The number of H-pyrrole nitrogens is 1. The second-order valence-electron chi connectivity index (χ2n) is 16.1. The number of hydrogen-bond acceptors (Lipinski definition) is 21. The van der Waals surface area contributed by atoms with Crippen LogP contribution in [0.3, 0.4) is 0 Å². The Kier molecular flexibility index (Phi) is 15.0. The number of benzene rings is 2. The molecule has 9 rings (SSSR count). The molecule has 0 spiro atoms. The van der Waals surface area contributed by atoms with Crippen molar-refractivity contribution in [2.45, 2.75) is 67.8 Å². The largest absolute Gasteiger partial charge is 0.472 e. The molecule has 3 aliphatic rings. The maximum atomic E-state index is 14.0. The van der Waals surface area contributed by atoms with E-state index in [1.54, 1.807) is 44.2 Å². The molecule has 3 fully saturated rings. The Hall–Kier alpha value is -5.65. The zero-order chi connectivity index (χ0) is 50.0. The van der Waals surface area contributed by atoms with Crippen LogP contribution in [0.15, 0.2) is 89.3 Å². The van der Waals surface area contributed by atoms with Gasteiger partial charge in [0.2, 0.25) is 11.9 Å². The third kappa shape index (κ3) is 11.4. The van der Waals surface area contributed by atoms with Gasteiger partial charge in [0.25, 0.3) is 11.5 Å². The maximum Gasteiger partial charge on any atom is 0.472 e. The SMILES string of the molecule is CC(C)C(=O)Nc1nc2c(ncn2[C@@H]2O[C@@H]3COP(=O)(O)O[C@H]4[C@@H](O)[C@H](n5cnc6c(NC(=O)c7ccccc7)ncnc65)O[C@@H]4COP(=O)(O)O[C@H]3[C@H]2OC(=O)NCCSSc2ccccc2)c(=O)[nH]1. The molecule has 6 aromatic rings. The van der Waals surface area contributed by atoms with E-state index in [1.807, 2.05) is 30.3 Å². The molecule has 71 heavy (non-hydrogen) atoms. The number of amides is 3. The van der Waals surface area contributed by atoms with Crippen LogP contribution in [0, 0.1) is 5.92 Å². The summed E-state index contributed by atoms with van der Waals surface area (Å²) in [6.07, 6.45) is -11.3. The fourth-order valence-corrected chi connectivity index (χ4v) is 11.4. The van der Waals surface area contributed by atoms with E-state index in [0.717, 1.165) is 22.1 Å². The van der Waals surface area contributed by atoms with Crippen LogP contribution in [0.1, 0.15) is 36.7 Å². The Balaban J connectivity index is 0.974. The number of hydrogen-bond donors (Lipinski definition) is 7. The lowest BCUT2D eigenvalue weighted by molar-refractivity contribution is -0.118. The van der Waals surface area contributed by atoms with Crippen molar-refractivity contribution in [3.05, 3.63) is 95.6 Å². The molecule has 2 unspecified atom stereocenters. The summed E-state index contributed by atoms with van der Waals surface area (Å²) in [5.74, 6) is -1.37. The van der Waals surface area contributed by atoms with E-state index >= 15 is 0 Å². The van der Waals surface area contributed by atoms with Crippen molar-refractivity contribution in [2.24, 2.45) is 5.92 Å². The van der Waals surface area contributed by atoms with E-state index in [2.05, 4.69) is 45.9 Å². The van der Waals surface area contributed by atoms with Crippen LogP contribution in [0.5, 0.6) is 0 Å². The number of ether oxygens (including phenoxy) is 3. The number of carbonyl (C=O) groups is 3. The van der Waals surface area contributed by atoms with Crippen molar-refractivity contribution in [3.63, 3.8) is 0 Å². The summed E-state index contributed by atoms with van der Waals surface area (Å²) in [6, 6.07) is 17.8. The maximum absolute atomic E-state index is 14.0. The predicted octanol–water partition coefficient (Wildman–Crippen LogP) is 3.52. The first-order chi connectivity index (χ1) is 34.0. The number of rotatable bonds is 12. The summed E-state index contributed by atoms with van der Waals surface area (Å²) in [5, 5.41) is 19.4. The van der Waals surface area contributed by atoms with Crippen molar-refractivity contribution in [2.75, 3.05) is 36.1 Å². The van der Waals surface area contributed by atoms with Gasteiger partial charge in [-0.2, -0.15) is 4.98 Å². The molecule has 10 atom stereocenters. The van der Waals surface area contributed by atoms with Crippen LogP contribution in [-0.2, 0) is 46.2 Å². The molecule has 0 aliphatic carbocycles. The van der Waals surface area contributed by atoms with Crippen molar-refractivity contribution < 1.29 is 70.7 Å². The molecule has 376 valence electrons. The van der Waals surface area contributed by atoms with E-state index in [-0.39, 0.29) is 40.6 Å². The highest BCUT2D eigenvalue weighted by Gasteiger charge is 2.55. The molecule has 3 amide bonds. The topological polar surface area (TPSA) is 354 Å². The van der Waals surface area contributed by atoms with Gasteiger partial charge >= 0.3 is 21.7 Å². The normalized spacial score (nSPS) is 27.9. The van der Waals surface area contributed by atoms with Crippen molar-refractivity contribution >= 4 is 89.2 Å². The smallest absolute Gasteiger partial charge is 0.438 e. The molecule has 0 saturated carbocycles. The van der Waals surface area contributed by atoms with E-state index < -0.39 is 107 Å². The third-order valence-corrected chi connectivity index (χ3v) is 15.2. The number of carbonyl (C=O) groups excluding carboxylic acids is 3. The zero-order valence-electron chi connectivity index (χ0n) is 37.0. The van der Waals surface area contributed by atoms with Crippen molar-refractivity contribution in [3.8, 4) is 0 Å². The first kappa shape index (κ1) is 50.3. The molecule has 2 aromatic carbocycles. The van der Waals surface area contributed by atoms with E-state index in [4.69, 9.17) is 32.3 Å². The average Bonchev–Trinajstić information content (AvgIpc) is 4.12. The van der Waals surface area contributed by atoms with Crippen LogP contribution in [0.25, 0.3) is 22.3 Å². The van der Waals surface area contributed by atoms with Crippen molar-refractivity contribution in [1.29, 1.82) is 0 Å². The standard InChI is InChI=1S/C40H43N11O16P2S2/c1-20(2)34(53)48-39-47-33-26(36(55)49-39)45-19-51(33)38-30(65-40(56)41-13-14-70-71-22-11-7-4-8-12-22)29-24(64-38)16-62-68(57,58)66-28-23(15-61-69(59,60)67-29)63-37(27(28)52)50-18-44-25-31(42-17-43-32(25)50)46-35(54)21-9-5-3-6-10-21/h3-12,17-20,23-24,27-30,37-38,52H,13-16H2,1-2H3,(H,41,56)(H,57,58)(H,59,60)(H,42,43,46,54)(H2,47,48,49,53,55)/t23-,24-,27-,28-,29-,30-,37-,38-/m1/s1. The Morgan fingerprint density at radius 1 is 0.845 bits per heavy atom. The Morgan fingerprint density at radius 2 is 1.48 bits per heavy atom. The Morgan fingerprint density at radius 3 is 2.18 bits per heavy atom. The summed E-state index contributed by atoms with van der Waals surface area (Å²) >= 11 is 0. The van der Waals surface area contributed by atoms with E-state index in [1.165, 1.54) is 32.5 Å².